The van der Waals surface area contributed by atoms with E-state index in [1.165, 1.54) is 6.20 Å². The number of nitrogens with two attached hydrogens (primary N) is 2. The van der Waals surface area contributed by atoms with Crippen LogP contribution in [0.15, 0.2) is 108 Å². The number of aromatic nitrogens is 3. The van der Waals surface area contributed by atoms with Gasteiger partial charge < -0.3 is 21.5 Å². The van der Waals surface area contributed by atoms with Gasteiger partial charge in [-0.25, -0.2) is 4.79 Å². The summed E-state index contributed by atoms with van der Waals surface area (Å²) in [4.78, 5) is 32.3. The van der Waals surface area contributed by atoms with E-state index in [4.69, 9.17) is 16.2 Å². The summed E-state index contributed by atoms with van der Waals surface area (Å²) in [7, 11) is 0. The van der Waals surface area contributed by atoms with Gasteiger partial charge in [0.2, 0.25) is 0 Å². The second-order valence-corrected chi connectivity index (χ2v) is 8.26. The molecule has 202 valence electrons. The van der Waals surface area contributed by atoms with Gasteiger partial charge in [0.15, 0.2) is 11.8 Å². The van der Waals surface area contributed by atoms with Gasteiger partial charge in [0, 0.05) is 30.1 Å². The Morgan fingerprint density at radius 3 is 2.45 bits per heavy atom. The van der Waals surface area contributed by atoms with E-state index in [-0.39, 0.29) is 18.4 Å². The highest BCUT2D eigenvalue weighted by atomic mass is 16.5. The zero-order chi connectivity index (χ0) is 28.2. The molecule has 0 bridgehead atoms. The minimum absolute atomic E-state index is 0.0762. The molecule has 40 heavy (non-hydrogen) atoms. The molecule has 0 radical (unpaired) electrons. The van der Waals surface area contributed by atoms with Crippen molar-refractivity contribution >= 4 is 29.3 Å². The highest BCUT2D eigenvalue weighted by Crippen LogP contribution is 2.18. The second kappa shape index (κ2) is 13.7. The van der Waals surface area contributed by atoms with Crippen LogP contribution >= 0.6 is 0 Å². The predicted octanol–water partition coefficient (Wildman–Crippen LogP) is 2.42. The van der Waals surface area contributed by atoms with Gasteiger partial charge in [-0.05, 0) is 35.9 Å². The van der Waals surface area contributed by atoms with E-state index in [1.54, 1.807) is 24.4 Å². The van der Waals surface area contributed by atoms with Crippen molar-refractivity contribution < 1.29 is 14.3 Å². The number of pyridine rings is 1. The fraction of sp³-hybridized carbons (Fsp3) is 0.0714. The van der Waals surface area contributed by atoms with Gasteiger partial charge in [-0.1, -0.05) is 48.5 Å². The van der Waals surface area contributed by atoms with E-state index in [2.05, 4.69) is 36.3 Å². The van der Waals surface area contributed by atoms with E-state index in [1.807, 2.05) is 60.7 Å². The van der Waals surface area contributed by atoms with Crippen molar-refractivity contribution in [2.45, 2.75) is 6.42 Å². The number of esters is 1. The van der Waals surface area contributed by atoms with Crippen LogP contribution in [0, 0.1) is 0 Å². The molecule has 4 rings (SSSR count). The van der Waals surface area contributed by atoms with Gasteiger partial charge >= 0.3 is 5.97 Å². The molecule has 7 N–H and O–H groups in total. The Labute approximate surface area is 230 Å². The van der Waals surface area contributed by atoms with E-state index in [9.17, 15) is 9.59 Å². The van der Waals surface area contributed by atoms with Crippen LogP contribution in [-0.4, -0.2) is 39.6 Å². The van der Waals surface area contributed by atoms with Crippen LogP contribution in [0.25, 0.3) is 11.3 Å². The summed E-state index contributed by atoms with van der Waals surface area (Å²) < 4.78 is 5.25. The first-order valence-corrected chi connectivity index (χ1v) is 12.2. The predicted molar refractivity (Wildman–Crippen MR) is 151 cm³/mol. The summed E-state index contributed by atoms with van der Waals surface area (Å²) in [6, 6.07) is 23.9. The van der Waals surface area contributed by atoms with Crippen LogP contribution in [0.3, 0.4) is 0 Å². The molecule has 12 heteroatoms. The maximum absolute atomic E-state index is 12.1. The molecular formula is C28H27N9O3. The first kappa shape index (κ1) is 27.3. The number of rotatable bonds is 10. The highest BCUT2D eigenvalue weighted by molar-refractivity contribution is 5.94. The minimum atomic E-state index is -0.676. The molecule has 0 saturated heterocycles. The molecule has 2 aromatic carbocycles. The SMILES string of the molecule is NC(=CC(=O)OCCc1ccccc1NC(N)=Nc1ccc(-c2ccccc2)nn1)NNC(=O)c1cccnc1. The molecule has 12 nitrogen and oxygen atoms in total. The van der Waals surface area contributed by atoms with Crippen molar-refractivity contribution in [3.05, 3.63) is 114 Å². The molecule has 1 amide bonds. The maximum Gasteiger partial charge on any atom is 0.334 e. The number of guanidine groups is 1. The third kappa shape index (κ3) is 8.11. The lowest BCUT2D eigenvalue weighted by molar-refractivity contribution is -0.137. The molecule has 0 saturated carbocycles. The summed E-state index contributed by atoms with van der Waals surface area (Å²) in [5, 5.41) is 11.4. The van der Waals surface area contributed by atoms with Crippen LogP contribution in [0.1, 0.15) is 15.9 Å². The third-order valence-electron chi connectivity index (χ3n) is 5.37. The number of hydrogen-bond acceptors (Lipinski definition) is 9. The summed E-state index contributed by atoms with van der Waals surface area (Å²) in [5.74, 6) is -0.745. The Morgan fingerprint density at radius 1 is 0.900 bits per heavy atom. The zero-order valence-corrected chi connectivity index (χ0v) is 21.3. The average molecular weight is 538 g/mol. The molecule has 4 aromatic rings. The molecule has 2 aromatic heterocycles. The van der Waals surface area contributed by atoms with Crippen molar-refractivity contribution in [3.63, 3.8) is 0 Å². The average Bonchev–Trinajstić information content (AvgIpc) is 2.98. The van der Waals surface area contributed by atoms with E-state index < -0.39 is 11.9 Å². The number of carbonyl (C=O) groups excluding carboxylic acids is 2. The van der Waals surface area contributed by atoms with Crippen LogP contribution in [0.2, 0.25) is 0 Å². The standard InChI is InChI=1S/C28H27N9O3/c29-24(35-37-27(39)21-10-6-15-31-18-21)17-26(38)40-16-14-20-9-4-5-11-22(20)32-28(30)33-25-13-12-23(34-36-25)19-7-2-1-3-8-19/h1-13,15,17-18,35H,14,16,29H2,(H,37,39)(H3,30,32,33,36). The lowest BCUT2D eigenvalue weighted by Gasteiger charge is -2.12. The smallest absolute Gasteiger partial charge is 0.334 e. The number of hydrogen-bond donors (Lipinski definition) is 5. The second-order valence-electron chi connectivity index (χ2n) is 8.26. The number of aliphatic imine (C=N–C) groups is 1. The molecule has 0 atom stereocenters. The monoisotopic (exact) mass is 537 g/mol. The Hall–Kier alpha value is -5.78. The van der Waals surface area contributed by atoms with Gasteiger partial charge in [-0.2, -0.15) is 4.99 Å². The van der Waals surface area contributed by atoms with Crippen molar-refractivity contribution in [2.75, 3.05) is 11.9 Å². The zero-order valence-electron chi connectivity index (χ0n) is 21.3. The van der Waals surface area contributed by atoms with E-state index >= 15 is 0 Å². The normalized spacial score (nSPS) is 11.4. The van der Waals surface area contributed by atoms with Gasteiger partial charge in [-0.15, -0.1) is 10.2 Å². The van der Waals surface area contributed by atoms with E-state index in [0.717, 1.165) is 22.9 Å². The number of carbonyl (C=O) groups is 2. The number of para-hydroxylation sites is 1. The topological polar surface area (TPSA) is 183 Å². The number of anilines is 1. The lowest BCUT2D eigenvalue weighted by Crippen LogP contribution is -2.39. The largest absolute Gasteiger partial charge is 0.462 e. The van der Waals surface area contributed by atoms with Crippen LogP contribution in [0.4, 0.5) is 11.5 Å². The van der Waals surface area contributed by atoms with Crippen molar-refractivity contribution in [3.8, 4) is 11.3 Å². The van der Waals surface area contributed by atoms with Crippen LogP contribution < -0.4 is 27.6 Å². The Balaban J connectivity index is 1.27. The quantitative estimate of drug-likeness (QED) is 0.0662. The summed E-state index contributed by atoms with van der Waals surface area (Å²) in [6.45, 7) is 0.0762. The first-order chi connectivity index (χ1) is 19.5. The first-order valence-electron chi connectivity index (χ1n) is 12.2. The lowest BCUT2D eigenvalue weighted by atomic mass is 10.1. The molecule has 0 unspecified atom stereocenters. The summed E-state index contributed by atoms with van der Waals surface area (Å²) >= 11 is 0. The fourth-order valence-corrected chi connectivity index (χ4v) is 3.46. The minimum Gasteiger partial charge on any atom is -0.462 e. The molecule has 0 aliphatic heterocycles. The number of benzene rings is 2. The number of hydrazine groups is 1. The van der Waals surface area contributed by atoms with Crippen molar-refractivity contribution in [1.82, 2.24) is 26.0 Å². The van der Waals surface area contributed by atoms with Crippen LogP contribution in [0.5, 0.6) is 0 Å². The molecule has 2 heterocycles. The maximum atomic E-state index is 12.1. The molecular weight excluding hydrogens is 510 g/mol. The Kier molecular flexibility index (Phi) is 9.32. The fourth-order valence-electron chi connectivity index (χ4n) is 3.46. The summed E-state index contributed by atoms with van der Waals surface area (Å²) in [6.07, 6.45) is 4.37. The molecule has 0 fully saturated rings. The number of nitrogens with one attached hydrogen (secondary N) is 3. The summed E-state index contributed by atoms with van der Waals surface area (Å²) in [5.41, 5.74) is 20.2. The van der Waals surface area contributed by atoms with Crippen molar-refractivity contribution in [1.29, 1.82) is 0 Å². The van der Waals surface area contributed by atoms with E-state index in [0.29, 0.717) is 23.5 Å². The Bertz CT molecular complexity index is 1490. The van der Waals surface area contributed by atoms with Gasteiger partial charge in [0.05, 0.1) is 23.9 Å². The number of ether oxygens (including phenoxy) is 1. The van der Waals surface area contributed by atoms with Crippen LogP contribution in [-0.2, 0) is 16.0 Å². The highest BCUT2D eigenvalue weighted by Gasteiger charge is 2.08. The molecule has 0 aliphatic rings. The number of nitrogens with zero attached hydrogens (tertiary/aromatic N) is 4. The number of amides is 1. The molecule has 0 aliphatic carbocycles. The van der Waals surface area contributed by atoms with Gasteiger partial charge in [0.1, 0.15) is 5.82 Å². The van der Waals surface area contributed by atoms with Gasteiger partial charge in [0.25, 0.3) is 5.91 Å². The Morgan fingerprint density at radius 2 is 1.70 bits per heavy atom. The van der Waals surface area contributed by atoms with Crippen molar-refractivity contribution in [2.24, 2.45) is 16.5 Å². The third-order valence-corrected chi connectivity index (χ3v) is 5.37. The molecule has 0 spiro atoms. The van der Waals surface area contributed by atoms with Gasteiger partial charge in [-0.3, -0.25) is 20.6 Å².